The highest BCUT2D eigenvalue weighted by Gasteiger charge is 2.14. The second-order valence-corrected chi connectivity index (χ2v) is 8.08. The number of hydrogen-bond acceptors (Lipinski definition) is 5. The lowest BCUT2D eigenvalue weighted by atomic mass is 10.0. The van der Waals surface area contributed by atoms with Crippen molar-refractivity contribution >= 4 is 28.9 Å². The van der Waals surface area contributed by atoms with Gasteiger partial charge in [-0.05, 0) is 29.7 Å². The Hall–Kier alpha value is -3.39. The Morgan fingerprint density at radius 1 is 1.13 bits per heavy atom. The van der Waals surface area contributed by atoms with Gasteiger partial charge in [0.05, 0.1) is 11.4 Å². The van der Waals surface area contributed by atoms with Crippen LogP contribution in [0.2, 0.25) is 0 Å². The third-order valence-corrected chi connectivity index (χ3v) is 5.57. The summed E-state index contributed by atoms with van der Waals surface area (Å²) in [5.41, 5.74) is 3.63. The number of fused-ring (bicyclic) bond motifs is 1. The van der Waals surface area contributed by atoms with E-state index in [4.69, 9.17) is 0 Å². The molecule has 0 saturated heterocycles. The number of benzene rings is 2. The van der Waals surface area contributed by atoms with Crippen LogP contribution in [0.4, 0.5) is 5.69 Å². The number of rotatable bonds is 6. The molecule has 2 aromatic carbocycles. The molecular formula is C22H21N5O2S. The van der Waals surface area contributed by atoms with E-state index < -0.39 is 0 Å². The number of aromatic nitrogens is 4. The van der Waals surface area contributed by atoms with Gasteiger partial charge in [0.2, 0.25) is 11.1 Å². The zero-order valence-corrected chi connectivity index (χ0v) is 17.4. The van der Waals surface area contributed by atoms with Gasteiger partial charge in [-0.25, -0.2) is 9.61 Å². The van der Waals surface area contributed by atoms with E-state index in [-0.39, 0.29) is 17.2 Å². The molecular weight excluding hydrogens is 398 g/mol. The highest BCUT2D eigenvalue weighted by molar-refractivity contribution is 7.99. The Morgan fingerprint density at radius 3 is 2.57 bits per heavy atom. The number of carbonyl (C=O) groups is 1. The summed E-state index contributed by atoms with van der Waals surface area (Å²) in [5.74, 6) is 0.419. The Labute approximate surface area is 177 Å². The standard InChI is InChI=1S/C22H21N5O2S/c1-14(2)15-8-10-16(11-9-15)18-12-19-21(29)24-25-22(27(19)26-18)30-13-20(28)23-17-6-4-3-5-7-17/h3-12,14H,13H2,1-2H3,(H,23,28)(H,24,29). The fraction of sp³-hybridized carbons (Fsp3) is 0.182. The first-order chi connectivity index (χ1) is 14.5. The molecule has 1 amide bonds. The summed E-state index contributed by atoms with van der Waals surface area (Å²) in [7, 11) is 0. The second-order valence-electron chi connectivity index (χ2n) is 7.14. The number of thioether (sulfide) groups is 1. The van der Waals surface area contributed by atoms with Crippen molar-refractivity contribution in [2.75, 3.05) is 11.1 Å². The first-order valence-electron chi connectivity index (χ1n) is 9.58. The minimum atomic E-state index is -0.328. The molecule has 2 heterocycles. The SMILES string of the molecule is CC(C)c1ccc(-c2cc3c(=O)[nH]nc(SCC(=O)Nc4ccccc4)n3n2)cc1. The van der Waals surface area contributed by atoms with Crippen molar-refractivity contribution in [2.24, 2.45) is 0 Å². The van der Waals surface area contributed by atoms with Crippen LogP contribution in [0.1, 0.15) is 25.3 Å². The number of aromatic amines is 1. The highest BCUT2D eigenvalue weighted by atomic mass is 32.2. The zero-order valence-electron chi connectivity index (χ0n) is 16.6. The second kappa shape index (κ2) is 8.54. The lowest BCUT2D eigenvalue weighted by molar-refractivity contribution is -0.113. The quantitative estimate of drug-likeness (QED) is 0.462. The topological polar surface area (TPSA) is 92.1 Å². The zero-order chi connectivity index (χ0) is 21.1. The fourth-order valence-electron chi connectivity index (χ4n) is 3.01. The van der Waals surface area contributed by atoms with Crippen LogP contribution < -0.4 is 10.9 Å². The van der Waals surface area contributed by atoms with E-state index in [2.05, 4.69) is 46.6 Å². The molecule has 0 unspecified atom stereocenters. The number of carbonyl (C=O) groups excluding carboxylic acids is 1. The Bertz CT molecular complexity index is 1230. The molecule has 2 aromatic heterocycles. The van der Waals surface area contributed by atoms with Crippen molar-refractivity contribution in [3.8, 4) is 11.3 Å². The van der Waals surface area contributed by atoms with Gasteiger partial charge in [-0.1, -0.05) is 68.1 Å². The van der Waals surface area contributed by atoms with Gasteiger partial charge in [-0.15, -0.1) is 5.10 Å². The molecule has 0 aliphatic rings. The van der Waals surface area contributed by atoms with Crippen LogP contribution in [0.25, 0.3) is 16.8 Å². The third-order valence-electron chi connectivity index (χ3n) is 4.64. The number of H-pyrrole nitrogens is 1. The minimum Gasteiger partial charge on any atom is -0.325 e. The summed E-state index contributed by atoms with van der Waals surface area (Å²) in [6, 6.07) is 19.1. The predicted molar refractivity (Wildman–Crippen MR) is 119 cm³/mol. The van der Waals surface area contributed by atoms with Crippen molar-refractivity contribution < 1.29 is 4.79 Å². The van der Waals surface area contributed by atoms with E-state index >= 15 is 0 Å². The van der Waals surface area contributed by atoms with E-state index in [1.165, 1.54) is 21.8 Å². The molecule has 0 radical (unpaired) electrons. The molecule has 4 aromatic rings. The lowest BCUT2D eigenvalue weighted by Gasteiger charge is -2.05. The molecule has 4 rings (SSSR count). The largest absolute Gasteiger partial charge is 0.325 e. The van der Waals surface area contributed by atoms with E-state index in [1.54, 1.807) is 6.07 Å². The van der Waals surface area contributed by atoms with E-state index in [9.17, 15) is 9.59 Å². The molecule has 7 nitrogen and oxygen atoms in total. The molecule has 8 heteroatoms. The molecule has 30 heavy (non-hydrogen) atoms. The van der Waals surface area contributed by atoms with Crippen LogP contribution in [-0.4, -0.2) is 31.5 Å². The lowest BCUT2D eigenvalue weighted by Crippen LogP contribution is -2.17. The average Bonchev–Trinajstić information content (AvgIpc) is 3.21. The predicted octanol–water partition coefficient (Wildman–Crippen LogP) is 3.94. The summed E-state index contributed by atoms with van der Waals surface area (Å²) in [6.07, 6.45) is 0. The van der Waals surface area contributed by atoms with Crippen LogP contribution in [0.15, 0.2) is 70.6 Å². The van der Waals surface area contributed by atoms with Gasteiger partial charge in [0.1, 0.15) is 5.52 Å². The van der Waals surface area contributed by atoms with Crippen LogP contribution >= 0.6 is 11.8 Å². The van der Waals surface area contributed by atoms with E-state index in [0.717, 1.165) is 11.3 Å². The molecule has 0 saturated carbocycles. The molecule has 152 valence electrons. The summed E-state index contributed by atoms with van der Waals surface area (Å²) in [6.45, 7) is 4.28. The molecule has 0 aliphatic carbocycles. The van der Waals surface area contributed by atoms with E-state index in [1.807, 2.05) is 42.5 Å². The third kappa shape index (κ3) is 4.28. The van der Waals surface area contributed by atoms with Crippen molar-refractivity contribution in [1.82, 2.24) is 19.8 Å². The number of anilines is 1. The van der Waals surface area contributed by atoms with Crippen LogP contribution in [-0.2, 0) is 4.79 Å². The average molecular weight is 420 g/mol. The summed E-state index contributed by atoms with van der Waals surface area (Å²) in [4.78, 5) is 24.5. The molecule has 2 N–H and O–H groups in total. The van der Waals surface area contributed by atoms with Gasteiger partial charge < -0.3 is 5.32 Å². The van der Waals surface area contributed by atoms with Crippen LogP contribution in [0.5, 0.6) is 0 Å². The molecule has 0 fully saturated rings. The van der Waals surface area contributed by atoms with Gasteiger partial charge in [-0.2, -0.15) is 5.10 Å². The molecule has 0 bridgehead atoms. The monoisotopic (exact) mass is 419 g/mol. The van der Waals surface area contributed by atoms with Crippen molar-refractivity contribution in [3.63, 3.8) is 0 Å². The first kappa shape index (κ1) is 19.9. The summed E-state index contributed by atoms with van der Waals surface area (Å²) < 4.78 is 1.49. The Kier molecular flexibility index (Phi) is 5.67. The Morgan fingerprint density at radius 2 is 1.87 bits per heavy atom. The van der Waals surface area contributed by atoms with Crippen LogP contribution in [0, 0.1) is 0 Å². The van der Waals surface area contributed by atoms with Gasteiger partial charge in [-0.3, -0.25) is 9.59 Å². The molecule has 0 spiro atoms. The number of para-hydroxylation sites is 1. The van der Waals surface area contributed by atoms with Gasteiger partial charge in [0.15, 0.2) is 0 Å². The maximum absolute atomic E-state index is 12.2. The number of nitrogens with one attached hydrogen (secondary N) is 2. The Balaban J connectivity index is 1.56. The van der Waals surface area contributed by atoms with Gasteiger partial charge in [0, 0.05) is 11.3 Å². The fourth-order valence-corrected chi connectivity index (χ4v) is 3.72. The number of hydrogen-bond donors (Lipinski definition) is 2. The van der Waals surface area contributed by atoms with Crippen LogP contribution in [0.3, 0.4) is 0 Å². The number of amides is 1. The van der Waals surface area contributed by atoms with Gasteiger partial charge in [0.25, 0.3) is 5.56 Å². The maximum Gasteiger partial charge on any atom is 0.290 e. The van der Waals surface area contributed by atoms with Gasteiger partial charge >= 0.3 is 0 Å². The summed E-state index contributed by atoms with van der Waals surface area (Å²) >= 11 is 1.21. The molecule has 0 atom stereocenters. The van der Waals surface area contributed by atoms with Crippen molar-refractivity contribution in [2.45, 2.75) is 24.9 Å². The first-order valence-corrected chi connectivity index (χ1v) is 10.6. The minimum absolute atomic E-state index is 0.140. The molecule has 0 aliphatic heterocycles. The highest BCUT2D eigenvalue weighted by Crippen LogP contribution is 2.24. The smallest absolute Gasteiger partial charge is 0.290 e. The normalized spacial score (nSPS) is 11.2. The summed E-state index contributed by atoms with van der Waals surface area (Å²) in [5, 5.41) is 14.4. The van der Waals surface area contributed by atoms with E-state index in [0.29, 0.717) is 22.3 Å². The number of nitrogens with zero attached hydrogens (tertiary/aromatic N) is 3. The van der Waals surface area contributed by atoms with Crippen molar-refractivity contribution in [1.29, 1.82) is 0 Å². The maximum atomic E-state index is 12.2. The van der Waals surface area contributed by atoms with Crippen molar-refractivity contribution in [3.05, 3.63) is 76.6 Å².